The van der Waals surface area contributed by atoms with Crippen LogP contribution < -0.4 is 5.32 Å². The maximum absolute atomic E-state index is 9.82. The summed E-state index contributed by atoms with van der Waals surface area (Å²) < 4.78 is 0. The van der Waals surface area contributed by atoms with Crippen LogP contribution in [0.4, 0.5) is 0 Å². The molecule has 0 heterocycles. The summed E-state index contributed by atoms with van der Waals surface area (Å²) in [4.78, 5) is 0. The summed E-state index contributed by atoms with van der Waals surface area (Å²) in [6.07, 6.45) is 0.606. The molecule has 2 atom stereocenters. The van der Waals surface area contributed by atoms with E-state index >= 15 is 0 Å². The van der Waals surface area contributed by atoms with E-state index in [0.717, 1.165) is 6.42 Å². The van der Waals surface area contributed by atoms with Crippen LogP contribution >= 0.6 is 0 Å². The topological polar surface area (TPSA) is 32.3 Å². The standard InChI is InChI=1S/C15H25NO/c1-11(2)9-14(17)10-16-13(4)15-8-6-5-7-12(15)3/h5-8,11,13-14,16-17H,9-10H2,1-4H3. The number of nitrogens with one attached hydrogen (secondary N) is 1. The lowest BCUT2D eigenvalue weighted by atomic mass is 10.0. The Hall–Kier alpha value is -0.860. The van der Waals surface area contributed by atoms with Crippen molar-refractivity contribution in [2.75, 3.05) is 6.54 Å². The number of aliphatic hydroxyl groups is 1. The minimum Gasteiger partial charge on any atom is -0.392 e. The maximum atomic E-state index is 9.82. The smallest absolute Gasteiger partial charge is 0.0667 e. The van der Waals surface area contributed by atoms with Crippen LogP contribution in [0.5, 0.6) is 0 Å². The van der Waals surface area contributed by atoms with Gasteiger partial charge in [0, 0.05) is 12.6 Å². The fourth-order valence-corrected chi connectivity index (χ4v) is 2.12. The summed E-state index contributed by atoms with van der Waals surface area (Å²) in [5.41, 5.74) is 2.61. The second-order valence-electron chi connectivity index (χ2n) is 5.27. The molecule has 2 unspecified atom stereocenters. The molecule has 2 heteroatoms. The van der Waals surface area contributed by atoms with Gasteiger partial charge in [-0.3, -0.25) is 0 Å². The van der Waals surface area contributed by atoms with Gasteiger partial charge in [-0.25, -0.2) is 0 Å². The van der Waals surface area contributed by atoms with Gasteiger partial charge < -0.3 is 10.4 Å². The number of hydrogen-bond acceptors (Lipinski definition) is 2. The predicted molar refractivity (Wildman–Crippen MR) is 73.1 cm³/mol. The summed E-state index contributed by atoms with van der Waals surface area (Å²) >= 11 is 0. The Morgan fingerprint density at radius 3 is 2.41 bits per heavy atom. The maximum Gasteiger partial charge on any atom is 0.0667 e. The molecular formula is C15H25NO. The Morgan fingerprint density at radius 1 is 1.18 bits per heavy atom. The molecule has 17 heavy (non-hydrogen) atoms. The van der Waals surface area contributed by atoms with Crippen LogP contribution in [-0.4, -0.2) is 17.8 Å². The van der Waals surface area contributed by atoms with Gasteiger partial charge >= 0.3 is 0 Å². The van der Waals surface area contributed by atoms with Crippen molar-refractivity contribution in [3.63, 3.8) is 0 Å². The highest BCUT2D eigenvalue weighted by Gasteiger charge is 2.11. The number of hydrogen-bond donors (Lipinski definition) is 2. The molecule has 0 aromatic heterocycles. The fraction of sp³-hybridized carbons (Fsp3) is 0.600. The van der Waals surface area contributed by atoms with Crippen molar-refractivity contribution in [2.24, 2.45) is 5.92 Å². The van der Waals surface area contributed by atoms with Crippen LogP contribution in [-0.2, 0) is 0 Å². The predicted octanol–water partition coefficient (Wildman–Crippen LogP) is 3.05. The van der Waals surface area contributed by atoms with Gasteiger partial charge in [-0.2, -0.15) is 0 Å². The molecule has 0 saturated carbocycles. The highest BCUT2D eigenvalue weighted by atomic mass is 16.3. The summed E-state index contributed by atoms with van der Waals surface area (Å²) in [5, 5.41) is 13.2. The van der Waals surface area contributed by atoms with Crippen molar-refractivity contribution < 1.29 is 5.11 Å². The first-order valence-electron chi connectivity index (χ1n) is 6.47. The molecule has 1 aromatic rings. The molecule has 1 aromatic carbocycles. The molecule has 0 aliphatic rings. The van der Waals surface area contributed by atoms with Crippen LogP contribution in [0.3, 0.4) is 0 Å². The van der Waals surface area contributed by atoms with E-state index in [1.54, 1.807) is 0 Å². The van der Waals surface area contributed by atoms with Crippen LogP contribution in [0.15, 0.2) is 24.3 Å². The minimum atomic E-state index is -0.249. The Balaban J connectivity index is 2.45. The summed E-state index contributed by atoms with van der Waals surface area (Å²) in [6.45, 7) is 9.19. The second-order valence-corrected chi connectivity index (χ2v) is 5.27. The van der Waals surface area contributed by atoms with E-state index in [1.165, 1.54) is 11.1 Å². The Kier molecular flexibility index (Phi) is 5.66. The summed E-state index contributed by atoms with van der Waals surface area (Å²) in [7, 11) is 0. The van der Waals surface area contributed by atoms with Gasteiger partial charge in [0.05, 0.1) is 6.10 Å². The summed E-state index contributed by atoms with van der Waals surface area (Å²) in [6, 6.07) is 8.67. The number of rotatable bonds is 6. The van der Waals surface area contributed by atoms with Gasteiger partial charge in [0.25, 0.3) is 0 Å². The molecule has 0 aliphatic carbocycles. The van der Waals surface area contributed by atoms with E-state index in [4.69, 9.17) is 0 Å². The largest absolute Gasteiger partial charge is 0.392 e. The van der Waals surface area contributed by atoms with E-state index in [2.05, 4.69) is 57.3 Å². The SMILES string of the molecule is Cc1ccccc1C(C)NCC(O)CC(C)C. The zero-order valence-electron chi connectivity index (χ0n) is 11.4. The molecule has 0 fully saturated rings. The molecule has 2 N–H and O–H groups in total. The number of aryl methyl sites for hydroxylation is 1. The van der Waals surface area contributed by atoms with Crippen LogP contribution in [0.2, 0.25) is 0 Å². The number of benzene rings is 1. The van der Waals surface area contributed by atoms with E-state index in [9.17, 15) is 5.11 Å². The average molecular weight is 235 g/mol. The van der Waals surface area contributed by atoms with Crippen molar-refractivity contribution in [2.45, 2.75) is 46.3 Å². The quantitative estimate of drug-likeness (QED) is 0.794. The van der Waals surface area contributed by atoms with Crippen LogP contribution in [0, 0.1) is 12.8 Å². The number of aliphatic hydroxyl groups excluding tert-OH is 1. The van der Waals surface area contributed by atoms with E-state index in [-0.39, 0.29) is 12.1 Å². The van der Waals surface area contributed by atoms with Crippen molar-refractivity contribution >= 4 is 0 Å². The zero-order chi connectivity index (χ0) is 12.8. The van der Waals surface area contributed by atoms with Crippen LogP contribution in [0.25, 0.3) is 0 Å². The molecule has 2 nitrogen and oxygen atoms in total. The van der Waals surface area contributed by atoms with Gasteiger partial charge in [0.15, 0.2) is 0 Å². The first kappa shape index (κ1) is 14.2. The summed E-state index contributed by atoms with van der Waals surface area (Å²) in [5.74, 6) is 0.542. The van der Waals surface area contributed by atoms with E-state index in [1.807, 2.05) is 0 Å². The highest BCUT2D eigenvalue weighted by Crippen LogP contribution is 2.16. The fourth-order valence-electron chi connectivity index (χ4n) is 2.12. The molecule has 1 rings (SSSR count). The van der Waals surface area contributed by atoms with Crippen molar-refractivity contribution in [1.29, 1.82) is 0 Å². The van der Waals surface area contributed by atoms with Crippen molar-refractivity contribution in [1.82, 2.24) is 5.32 Å². The van der Waals surface area contributed by atoms with E-state index < -0.39 is 0 Å². The van der Waals surface area contributed by atoms with E-state index in [0.29, 0.717) is 12.5 Å². The highest BCUT2D eigenvalue weighted by molar-refractivity contribution is 5.28. The molecule has 0 spiro atoms. The third-order valence-electron chi connectivity index (χ3n) is 3.06. The van der Waals surface area contributed by atoms with Gasteiger partial charge in [0.1, 0.15) is 0 Å². The lowest BCUT2D eigenvalue weighted by Crippen LogP contribution is -2.30. The Bertz CT molecular complexity index is 335. The van der Waals surface area contributed by atoms with Gasteiger partial charge in [-0.05, 0) is 37.3 Å². The van der Waals surface area contributed by atoms with Gasteiger partial charge in [-0.15, -0.1) is 0 Å². The third kappa shape index (κ3) is 4.88. The van der Waals surface area contributed by atoms with Crippen molar-refractivity contribution in [3.8, 4) is 0 Å². The minimum absolute atomic E-state index is 0.249. The zero-order valence-corrected chi connectivity index (χ0v) is 11.4. The molecule has 96 valence electrons. The van der Waals surface area contributed by atoms with Crippen LogP contribution in [0.1, 0.15) is 44.4 Å². The van der Waals surface area contributed by atoms with Gasteiger partial charge in [0.2, 0.25) is 0 Å². The van der Waals surface area contributed by atoms with Crippen molar-refractivity contribution in [3.05, 3.63) is 35.4 Å². The Morgan fingerprint density at radius 2 is 1.82 bits per heavy atom. The van der Waals surface area contributed by atoms with Gasteiger partial charge in [-0.1, -0.05) is 38.1 Å². The molecule has 0 bridgehead atoms. The first-order valence-corrected chi connectivity index (χ1v) is 6.47. The monoisotopic (exact) mass is 235 g/mol. The first-order chi connectivity index (χ1) is 8.00. The average Bonchev–Trinajstić information content (AvgIpc) is 2.25. The molecule has 0 aliphatic heterocycles. The molecular weight excluding hydrogens is 210 g/mol. The normalized spacial score (nSPS) is 14.9. The second kappa shape index (κ2) is 6.77. The lowest BCUT2D eigenvalue weighted by molar-refractivity contribution is 0.143. The molecule has 0 radical (unpaired) electrons. The third-order valence-corrected chi connectivity index (χ3v) is 3.06. The molecule has 0 saturated heterocycles. The Labute approximate surface area is 105 Å². The lowest BCUT2D eigenvalue weighted by Gasteiger charge is -2.20. The molecule has 0 amide bonds.